The van der Waals surface area contributed by atoms with E-state index in [0.29, 0.717) is 21.7 Å². The van der Waals surface area contributed by atoms with E-state index in [9.17, 15) is 0 Å². The maximum atomic E-state index is 2.82. The van der Waals surface area contributed by atoms with E-state index in [1.165, 1.54) is 51.4 Å². The lowest BCUT2D eigenvalue weighted by Crippen LogP contribution is -2.63. The van der Waals surface area contributed by atoms with Crippen LogP contribution >= 0.6 is 0 Å². The van der Waals surface area contributed by atoms with E-state index in [-0.39, 0.29) is 0 Å². The van der Waals surface area contributed by atoms with Crippen LogP contribution in [0.25, 0.3) is 0 Å². The summed E-state index contributed by atoms with van der Waals surface area (Å²) < 4.78 is 0. The number of rotatable bonds is 3. The fourth-order valence-electron chi connectivity index (χ4n) is 11.9. The largest absolute Gasteiger partial charge is 0.0654 e. The van der Waals surface area contributed by atoms with Gasteiger partial charge >= 0.3 is 0 Å². The van der Waals surface area contributed by atoms with Gasteiger partial charge in [0.1, 0.15) is 0 Å². The molecule has 31 heavy (non-hydrogen) atoms. The molecule has 0 bridgehead atoms. The maximum absolute atomic E-state index is 2.82. The monoisotopic (exact) mass is 426 g/mol. The predicted octanol–water partition coefficient (Wildman–Crippen LogP) is 9.52. The van der Waals surface area contributed by atoms with Gasteiger partial charge in [-0.1, -0.05) is 67.7 Å². The van der Waals surface area contributed by atoms with Crippen molar-refractivity contribution in [3.63, 3.8) is 0 Å². The predicted molar refractivity (Wildman–Crippen MR) is 134 cm³/mol. The third kappa shape index (κ3) is 3.04. The highest BCUT2D eigenvalue weighted by molar-refractivity contribution is 5.17. The Hall–Kier alpha value is 0. The van der Waals surface area contributed by atoms with Gasteiger partial charge in [0, 0.05) is 0 Å². The van der Waals surface area contributed by atoms with Gasteiger partial charge in [-0.15, -0.1) is 0 Å². The van der Waals surface area contributed by atoms with Gasteiger partial charge in [0.2, 0.25) is 0 Å². The zero-order chi connectivity index (χ0) is 22.2. The second-order valence-electron chi connectivity index (χ2n) is 14.9. The molecule has 4 unspecified atom stereocenters. The Morgan fingerprint density at radius 3 is 2.16 bits per heavy atom. The van der Waals surface area contributed by atoms with Crippen LogP contribution in [0.3, 0.4) is 0 Å². The zero-order valence-corrected chi connectivity index (χ0v) is 22.2. The summed E-state index contributed by atoms with van der Waals surface area (Å²) in [5.74, 6) is 7.06. The molecular formula is C31H54. The number of hydrogen-bond donors (Lipinski definition) is 0. The zero-order valence-electron chi connectivity index (χ0n) is 22.2. The first-order chi connectivity index (χ1) is 14.6. The lowest BCUT2D eigenvalue weighted by Gasteiger charge is -2.70. The van der Waals surface area contributed by atoms with Gasteiger partial charge in [-0.25, -0.2) is 0 Å². The van der Waals surface area contributed by atoms with Crippen molar-refractivity contribution < 1.29 is 0 Å². The highest BCUT2D eigenvalue weighted by Gasteiger charge is 2.68. The van der Waals surface area contributed by atoms with Gasteiger partial charge < -0.3 is 0 Å². The Kier molecular flexibility index (Phi) is 5.51. The molecule has 178 valence electrons. The second kappa shape index (κ2) is 7.50. The van der Waals surface area contributed by atoms with Crippen molar-refractivity contribution in [3.05, 3.63) is 0 Å². The summed E-state index contributed by atoms with van der Waals surface area (Å²) >= 11 is 0. The average Bonchev–Trinajstić information content (AvgIpc) is 3.05. The smallest absolute Gasteiger partial charge is 0.0235 e. The fraction of sp³-hybridized carbons (Fsp3) is 1.00. The summed E-state index contributed by atoms with van der Waals surface area (Å²) in [5.41, 5.74) is 2.43. The van der Waals surface area contributed by atoms with Gasteiger partial charge in [-0.05, 0) is 127 Å². The summed E-state index contributed by atoms with van der Waals surface area (Å²) in [4.78, 5) is 0. The van der Waals surface area contributed by atoms with Crippen LogP contribution in [0.4, 0.5) is 0 Å². The molecule has 0 aromatic carbocycles. The summed E-state index contributed by atoms with van der Waals surface area (Å²) in [5, 5.41) is 0. The van der Waals surface area contributed by atoms with Crippen molar-refractivity contribution in [3.8, 4) is 0 Å². The first-order valence-electron chi connectivity index (χ1n) is 14.6. The van der Waals surface area contributed by atoms with E-state index in [1.54, 1.807) is 32.1 Å². The second-order valence-corrected chi connectivity index (χ2v) is 14.9. The lowest BCUT2D eigenvalue weighted by molar-refractivity contribution is -0.216. The van der Waals surface area contributed by atoms with Gasteiger partial charge in [-0.2, -0.15) is 0 Å². The van der Waals surface area contributed by atoms with Gasteiger partial charge in [0.05, 0.1) is 0 Å². The highest BCUT2D eigenvalue weighted by atomic mass is 14.7. The van der Waals surface area contributed by atoms with Crippen molar-refractivity contribution in [2.45, 2.75) is 132 Å². The quantitative estimate of drug-likeness (QED) is 0.421. The van der Waals surface area contributed by atoms with Crippen molar-refractivity contribution in [1.82, 2.24) is 0 Å². The molecule has 0 aromatic rings. The summed E-state index contributed by atoms with van der Waals surface area (Å²) in [6.45, 7) is 18.6. The van der Waals surface area contributed by atoms with Crippen LogP contribution in [-0.2, 0) is 0 Å². The highest BCUT2D eigenvalue weighted by Crippen LogP contribution is 2.76. The van der Waals surface area contributed by atoms with Gasteiger partial charge in [0.15, 0.2) is 0 Å². The van der Waals surface area contributed by atoms with E-state index in [4.69, 9.17) is 0 Å². The SMILES string of the molecule is CCC[C@@H](C)[C@H]1CC[C@]2(C)C3CCC4C5CCCC(C)(C)C5CC[C@@]4(C)[C@]3(C)CC[C@H]12. The molecule has 5 saturated carbocycles. The van der Waals surface area contributed by atoms with Crippen molar-refractivity contribution >= 4 is 0 Å². The van der Waals surface area contributed by atoms with Crippen LogP contribution in [-0.4, -0.2) is 0 Å². The molecule has 5 rings (SSSR count). The summed E-state index contributed by atoms with van der Waals surface area (Å²) in [6.07, 6.45) is 19.7. The first kappa shape index (κ1) is 22.8. The van der Waals surface area contributed by atoms with E-state index < -0.39 is 0 Å². The molecular weight excluding hydrogens is 372 g/mol. The molecule has 0 heterocycles. The van der Waals surface area contributed by atoms with Gasteiger partial charge in [0.25, 0.3) is 0 Å². The van der Waals surface area contributed by atoms with E-state index in [0.717, 1.165) is 41.4 Å². The Balaban J connectivity index is 1.44. The standard InChI is InChI=1S/C31H54/c1-8-10-21(2)22-14-18-29(5)25(22)16-20-31(7)27(29)13-12-26-23-11-9-17-28(3,4)24(23)15-19-30(26,31)6/h21-27H,8-20H2,1-7H3/t21-,22-,23?,24?,25-,26?,27?,29+,30-,31-/m1/s1. The van der Waals surface area contributed by atoms with Crippen molar-refractivity contribution in [1.29, 1.82) is 0 Å². The maximum Gasteiger partial charge on any atom is -0.0235 e. The van der Waals surface area contributed by atoms with Crippen molar-refractivity contribution in [2.24, 2.45) is 63.1 Å². The molecule has 0 aliphatic heterocycles. The topological polar surface area (TPSA) is 0 Å². The van der Waals surface area contributed by atoms with Crippen LogP contribution in [0.1, 0.15) is 132 Å². The normalized spacial score (nSPS) is 54.3. The molecule has 0 N–H and O–H groups in total. The van der Waals surface area contributed by atoms with Crippen LogP contribution in [0.15, 0.2) is 0 Å². The Morgan fingerprint density at radius 2 is 1.42 bits per heavy atom. The molecule has 0 saturated heterocycles. The van der Waals surface area contributed by atoms with Crippen LogP contribution in [0.5, 0.6) is 0 Å². The van der Waals surface area contributed by atoms with E-state index in [1.807, 2.05) is 0 Å². The average molecular weight is 427 g/mol. The third-order valence-corrected chi connectivity index (χ3v) is 13.7. The molecule has 0 heteroatoms. The first-order valence-corrected chi connectivity index (χ1v) is 14.6. The van der Waals surface area contributed by atoms with Crippen molar-refractivity contribution in [2.75, 3.05) is 0 Å². The lowest BCUT2D eigenvalue weighted by atomic mass is 9.34. The minimum Gasteiger partial charge on any atom is -0.0654 e. The Labute approximate surface area is 195 Å². The minimum absolute atomic E-state index is 0.594. The molecule has 0 aromatic heterocycles. The molecule has 0 amide bonds. The molecule has 5 fully saturated rings. The van der Waals surface area contributed by atoms with Gasteiger partial charge in [-0.3, -0.25) is 0 Å². The third-order valence-electron chi connectivity index (χ3n) is 13.7. The summed E-state index contributed by atoms with van der Waals surface area (Å²) in [7, 11) is 0. The molecule has 0 nitrogen and oxygen atoms in total. The van der Waals surface area contributed by atoms with Crippen LogP contribution in [0.2, 0.25) is 0 Å². The number of fused-ring (bicyclic) bond motifs is 7. The van der Waals surface area contributed by atoms with Crippen LogP contribution < -0.4 is 0 Å². The molecule has 10 atom stereocenters. The molecule has 5 aliphatic rings. The molecule has 0 spiro atoms. The minimum atomic E-state index is 0.594. The molecule has 5 aliphatic carbocycles. The molecule has 0 radical (unpaired) electrons. The van der Waals surface area contributed by atoms with E-state index >= 15 is 0 Å². The Morgan fingerprint density at radius 1 is 0.710 bits per heavy atom. The van der Waals surface area contributed by atoms with Crippen LogP contribution in [0, 0.1) is 63.1 Å². The summed E-state index contributed by atoms with van der Waals surface area (Å²) in [6, 6.07) is 0. The van der Waals surface area contributed by atoms with E-state index in [2.05, 4.69) is 48.5 Å². The fourth-order valence-corrected chi connectivity index (χ4v) is 11.9. The number of hydrogen-bond acceptors (Lipinski definition) is 0. The Bertz CT molecular complexity index is 676.